The molecule has 42 heavy (non-hydrogen) atoms. The van der Waals surface area contributed by atoms with Gasteiger partial charge in [0, 0.05) is 0 Å². The number of fused-ring (bicyclic) bond motifs is 3. The zero-order chi connectivity index (χ0) is 30.8. The third-order valence-corrected chi connectivity index (χ3v) is 7.37. The molecule has 0 amide bonds. The van der Waals surface area contributed by atoms with Crippen LogP contribution < -0.4 is 0 Å². The first-order valence-electron chi connectivity index (χ1n) is 15.0. The molecule has 0 N–H and O–H groups in total. The van der Waals surface area contributed by atoms with Crippen molar-refractivity contribution in [2.75, 3.05) is 0 Å². The summed E-state index contributed by atoms with van der Waals surface area (Å²) in [6.45, 7) is 22.6. The Bertz CT molecular complexity index is 1200. The Labute approximate surface area is 275 Å². The fourth-order valence-corrected chi connectivity index (χ4v) is 4.82. The van der Waals surface area contributed by atoms with Crippen molar-refractivity contribution in [1.82, 2.24) is 0 Å². The molecule has 3 aromatic carbocycles. The smallest absolute Gasteiger partial charge is 0.171 e. The van der Waals surface area contributed by atoms with E-state index in [4.69, 9.17) is 0 Å². The summed E-state index contributed by atoms with van der Waals surface area (Å²) in [4.78, 5) is 0. The largest absolute Gasteiger partial charge is 0.358 e. The van der Waals surface area contributed by atoms with Gasteiger partial charge in [-0.05, 0) is 28.4 Å². The van der Waals surface area contributed by atoms with Gasteiger partial charge in [-0.3, -0.25) is 6.08 Å². The van der Waals surface area contributed by atoms with E-state index in [9.17, 15) is 0 Å². The Hall–Kier alpha value is -2.11. The van der Waals surface area contributed by atoms with Crippen LogP contribution in [0, 0.1) is 37.0 Å². The fraction of sp³-hybridized carbons (Fsp3) is 0.415. The molecule has 2 aliphatic rings. The number of hydrogen-bond acceptors (Lipinski definition) is 0. The molecular weight excluding hydrogens is 584 g/mol. The van der Waals surface area contributed by atoms with Crippen molar-refractivity contribution in [1.29, 1.82) is 0 Å². The molecule has 1 atom stereocenters. The Morgan fingerprint density at radius 1 is 0.810 bits per heavy atom. The molecule has 226 valence electrons. The van der Waals surface area contributed by atoms with Gasteiger partial charge >= 0.3 is 28.4 Å². The fourth-order valence-electron chi connectivity index (χ4n) is 4.82. The second-order valence-electron chi connectivity index (χ2n) is 14.0. The molecule has 0 aromatic heterocycles. The quantitative estimate of drug-likeness (QED) is 0.192. The molecule has 3 aromatic rings. The third-order valence-electron chi connectivity index (χ3n) is 7.37. The predicted molar refractivity (Wildman–Crippen MR) is 183 cm³/mol. The first kappa shape index (κ1) is 37.9. The van der Waals surface area contributed by atoms with E-state index in [1.807, 2.05) is 30.3 Å². The van der Waals surface area contributed by atoms with Crippen LogP contribution in [-0.2, 0) is 41.5 Å². The molecule has 0 nitrogen and oxygen atoms in total. The summed E-state index contributed by atoms with van der Waals surface area (Å²) in [6.07, 6.45) is 11.4. The first-order valence-corrected chi connectivity index (χ1v) is 16.7. The van der Waals surface area contributed by atoms with Gasteiger partial charge < -0.3 is 7.43 Å². The SMILES string of the molecule is CC(C)(C)c1[c-]c2c(cc1)-c1ccc(C(C)(C)C)cc1C2.CCCC1[C-]=CC(C(C)(C)C)=C1.[CH2]=[Zr].[CH3-].[c-]1ccccc1. The van der Waals surface area contributed by atoms with Crippen molar-refractivity contribution in [2.45, 2.75) is 99.3 Å². The monoisotopic (exact) mass is 636 g/mol. The van der Waals surface area contributed by atoms with Crippen molar-refractivity contribution in [3.63, 3.8) is 0 Å². The standard InChI is InChI=1S/C21H25.C12H19.C6H5.CH3.CH2.Zr/c1-20(2,3)16-7-9-18-14(12-16)11-15-13-17(21(4,5)6)8-10-19(15)18;1-5-6-10-7-8-11(9-10)12(2,3)4;1-2-4-6-5-3-1;;;/h7-10,12H,11H2,1-6H3;8-10H,5-6H2,1-4H3;1-5H;1H3;1H2;/q4*-1;;. The first-order chi connectivity index (χ1) is 19.2. The zero-order valence-electron chi connectivity index (χ0n) is 28.3. The van der Waals surface area contributed by atoms with E-state index in [1.54, 1.807) is 0 Å². The van der Waals surface area contributed by atoms with Crippen molar-refractivity contribution in [3.8, 4) is 11.1 Å². The van der Waals surface area contributed by atoms with Crippen LogP contribution >= 0.6 is 0 Å². The Kier molecular flexibility index (Phi) is 15.0. The van der Waals surface area contributed by atoms with Gasteiger partial charge in [0.25, 0.3) is 0 Å². The summed E-state index contributed by atoms with van der Waals surface area (Å²) in [7, 11) is 0. The molecule has 0 saturated heterocycles. The van der Waals surface area contributed by atoms with E-state index in [2.05, 4.69) is 134 Å². The number of benzene rings is 3. The molecule has 0 radical (unpaired) electrons. The molecule has 5 rings (SSSR count). The van der Waals surface area contributed by atoms with Gasteiger partial charge in [0.05, 0.1) is 0 Å². The van der Waals surface area contributed by atoms with Crippen LogP contribution in [0.2, 0.25) is 0 Å². The van der Waals surface area contributed by atoms with Crippen molar-refractivity contribution < 1.29 is 24.2 Å². The minimum Gasteiger partial charge on any atom is -0.358 e. The van der Waals surface area contributed by atoms with Gasteiger partial charge in [-0.25, -0.2) is 6.08 Å². The summed E-state index contributed by atoms with van der Waals surface area (Å²) in [6, 6.07) is 27.7. The minimum atomic E-state index is 0. The van der Waals surface area contributed by atoms with Crippen LogP contribution in [0.1, 0.15) is 104 Å². The molecule has 0 spiro atoms. The van der Waals surface area contributed by atoms with E-state index >= 15 is 0 Å². The van der Waals surface area contributed by atoms with Gasteiger partial charge in [0.15, 0.2) is 0 Å². The molecule has 0 bridgehead atoms. The maximum Gasteiger partial charge on any atom is -0.171 e. The van der Waals surface area contributed by atoms with E-state index in [1.165, 1.54) is 76.0 Å². The molecule has 0 fully saturated rings. The maximum absolute atomic E-state index is 3.67. The molecule has 0 saturated carbocycles. The van der Waals surface area contributed by atoms with Gasteiger partial charge in [-0.1, -0.05) is 117 Å². The maximum atomic E-state index is 3.67. The molecular formula is C41H54Zr-4. The van der Waals surface area contributed by atoms with Crippen LogP contribution in [-0.4, -0.2) is 4.21 Å². The van der Waals surface area contributed by atoms with Gasteiger partial charge in [-0.2, -0.15) is 71.8 Å². The summed E-state index contributed by atoms with van der Waals surface area (Å²) in [5, 5.41) is 0. The normalized spacial score (nSPS) is 14.8. The second-order valence-corrected chi connectivity index (χ2v) is 14.0. The van der Waals surface area contributed by atoms with Crippen LogP contribution in [0.3, 0.4) is 0 Å². The third kappa shape index (κ3) is 11.2. The van der Waals surface area contributed by atoms with E-state index < -0.39 is 0 Å². The minimum absolute atomic E-state index is 0. The van der Waals surface area contributed by atoms with Crippen LogP contribution in [0.15, 0.2) is 78.4 Å². The summed E-state index contributed by atoms with van der Waals surface area (Å²) in [5.74, 6) is 0.587. The van der Waals surface area contributed by atoms with Crippen molar-refractivity contribution >= 4 is 4.21 Å². The number of hydrogen-bond donors (Lipinski definition) is 0. The van der Waals surface area contributed by atoms with E-state index in [0.717, 1.165) is 6.42 Å². The molecule has 1 heteroatoms. The Morgan fingerprint density at radius 2 is 1.43 bits per heavy atom. The summed E-state index contributed by atoms with van der Waals surface area (Å²) < 4.78 is 3.34. The van der Waals surface area contributed by atoms with Crippen molar-refractivity contribution in [2.24, 2.45) is 11.3 Å². The Morgan fingerprint density at radius 3 is 1.88 bits per heavy atom. The van der Waals surface area contributed by atoms with Crippen LogP contribution in [0.4, 0.5) is 0 Å². The van der Waals surface area contributed by atoms with Crippen molar-refractivity contribution in [3.05, 3.63) is 126 Å². The van der Waals surface area contributed by atoms with Crippen LogP contribution in [0.25, 0.3) is 11.1 Å². The van der Waals surface area contributed by atoms with Gasteiger partial charge in [0.2, 0.25) is 0 Å². The summed E-state index contributed by atoms with van der Waals surface area (Å²) in [5.41, 5.74) is 10.5. The number of rotatable bonds is 2. The average molecular weight is 638 g/mol. The van der Waals surface area contributed by atoms with E-state index in [-0.39, 0.29) is 18.3 Å². The number of allylic oxidation sites excluding steroid dienone is 4. The topological polar surface area (TPSA) is 0 Å². The van der Waals surface area contributed by atoms with Gasteiger partial charge in [-0.15, -0.1) is 11.1 Å². The van der Waals surface area contributed by atoms with Gasteiger partial charge in [0.1, 0.15) is 0 Å². The second kappa shape index (κ2) is 16.7. The average Bonchev–Trinajstić information content (AvgIpc) is 3.55. The molecule has 1 unspecified atom stereocenters. The van der Waals surface area contributed by atoms with E-state index in [0.29, 0.717) is 11.3 Å². The Balaban J connectivity index is 0.000000354. The molecule has 2 aliphatic carbocycles. The summed E-state index contributed by atoms with van der Waals surface area (Å²) >= 11 is 1.30. The molecule has 0 aliphatic heterocycles. The van der Waals surface area contributed by atoms with Crippen LogP contribution in [0.5, 0.6) is 0 Å². The predicted octanol–water partition coefficient (Wildman–Crippen LogP) is 11.3. The zero-order valence-corrected chi connectivity index (χ0v) is 30.8. The molecule has 0 heterocycles.